The summed E-state index contributed by atoms with van der Waals surface area (Å²) < 4.78 is 10.8. The predicted octanol–water partition coefficient (Wildman–Crippen LogP) is 3.25. The van der Waals surface area contributed by atoms with Gasteiger partial charge in [-0.3, -0.25) is 0 Å². The van der Waals surface area contributed by atoms with Gasteiger partial charge in [0.25, 0.3) is 0 Å². The fourth-order valence-corrected chi connectivity index (χ4v) is 1.89. The summed E-state index contributed by atoms with van der Waals surface area (Å²) in [6.07, 6.45) is 1.98. The van der Waals surface area contributed by atoms with Gasteiger partial charge in [0.15, 0.2) is 0 Å². The molecule has 0 amide bonds. The first-order valence-electron chi connectivity index (χ1n) is 6.39. The van der Waals surface area contributed by atoms with Crippen LogP contribution in [0.4, 0.5) is 0 Å². The van der Waals surface area contributed by atoms with Gasteiger partial charge in [0.05, 0.1) is 11.6 Å². The van der Waals surface area contributed by atoms with Crippen molar-refractivity contribution >= 4 is 11.6 Å². The second-order valence-corrected chi connectivity index (χ2v) is 4.46. The maximum atomic E-state index is 6.17. The van der Waals surface area contributed by atoms with Gasteiger partial charge < -0.3 is 14.8 Å². The molecule has 0 fully saturated rings. The van der Waals surface area contributed by atoms with Crippen molar-refractivity contribution in [3.8, 4) is 5.75 Å². The van der Waals surface area contributed by atoms with Crippen molar-refractivity contribution < 1.29 is 9.47 Å². The maximum Gasteiger partial charge on any atom is 0.142 e. The number of hydrogen-bond acceptors (Lipinski definition) is 3. The summed E-state index contributed by atoms with van der Waals surface area (Å²) >= 11 is 6.17. The van der Waals surface area contributed by atoms with E-state index in [1.165, 1.54) is 0 Å². The van der Waals surface area contributed by atoms with Gasteiger partial charge in [-0.1, -0.05) is 30.7 Å². The number of methoxy groups -OCH3 is 1. The molecule has 3 nitrogen and oxygen atoms in total. The van der Waals surface area contributed by atoms with E-state index >= 15 is 0 Å². The predicted molar refractivity (Wildman–Crippen MR) is 75.4 cm³/mol. The lowest BCUT2D eigenvalue weighted by Gasteiger charge is -2.13. The monoisotopic (exact) mass is 271 g/mol. The third-order valence-corrected chi connectivity index (χ3v) is 2.90. The van der Waals surface area contributed by atoms with Crippen LogP contribution in [0.1, 0.15) is 25.3 Å². The minimum absolute atomic E-state index is 0.673. The van der Waals surface area contributed by atoms with Crippen LogP contribution in [0.2, 0.25) is 5.02 Å². The van der Waals surface area contributed by atoms with Crippen LogP contribution in [0, 0.1) is 0 Å². The zero-order chi connectivity index (χ0) is 13.2. The van der Waals surface area contributed by atoms with Crippen molar-refractivity contribution in [1.29, 1.82) is 0 Å². The minimum Gasteiger partial charge on any atom is -0.492 e. The number of rotatable bonds is 9. The molecule has 0 aliphatic heterocycles. The standard InChI is InChI=1S/C14H22ClNO2/c1-3-16-11-12-7-6-8-13(15)14(12)18-10-5-4-9-17-2/h6-8,16H,3-5,9-11H2,1-2H3. The quantitative estimate of drug-likeness (QED) is 0.700. The van der Waals surface area contributed by atoms with Crippen LogP contribution >= 0.6 is 11.6 Å². The normalized spacial score (nSPS) is 10.6. The zero-order valence-corrected chi connectivity index (χ0v) is 11.9. The summed E-state index contributed by atoms with van der Waals surface area (Å²) in [6.45, 7) is 5.24. The van der Waals surface area contributed by atoms with Crippen LogP contribution in [0.25, 0.3) is 0 Å². The third-order valence-electron chi connectivity index (χ3n) is 2.60. The molecule has 0 aliphatic rings. The molecule has 1 rings (SSSR count). The van der Waals surface area contributed by atoms with Crippen molar-refractivity contribution in [2.75, 3.05) is 26.9 Å². The number of para-hydroxylation sites is 1. The molecule has 1 aromatic rings. The number of ether oxygens (including phenoxy) is 2. The Labute approximate surface area is 114 Å². The van der Waals surface area contributed by atoms with Crippen LogP contribution in [0.3, 0.4) is 0 Å². The van der Waals surface area contributed by atoms with E-state index in [1.54, 1.807) is 7.11 Å². The number of benzene rings is 1. The fourth-order valence-electron chi connectivity index (χ4n) is 1.64. The number of nitrogens with one attached hydrogen (secondary N) is 1. The zero-order valence-electron chi connectivity index (χ0n) is 11.2. The van der Waals surface area contributed by atoms with Crippen LogP contribution in [-0.2, 0) is 11.3 Å². The summed E-state index contributed by atoms with van der Waals surface area (Å²) in [4.78, 5) is 0. The average Bonchev–Trinajstić information content (AvgIpc) is 2.38. The van der Waals surface area contributed by atoms with Gasteiger partial charge in [-0.05, 0) is 25.5 Å². The molecule has 0 bridgehead atoms. The van der Waals surface area contributed by atoms with E-state index in [0.29, 0.717) is 11.6 Å². The first-order chi connectivity index (χ1) is 8.79. The smallest absolute Gasteiger partial charge is 0.142 e. The van der Waals surface area contributed by atoms with E-state index in [-0.39, 0.29) is 0 Å². The van der Waals surface area contributed by atoms with Crippen LogP contribution in [-0.4, -0.2) is 26.9 Å². The largest absolute Gasteiger partial charge is 0.492 e. The lowest BCUT2D eigenvalue weighted by Crippen LogP contribution is -2.13. The highest BCUT2D eigenvalue weighted by Crippen LogP contribution is 2.28. The number of halogens is 1. The summed E-state index contributed by atoms with van der Waals surface area (Å²) in [6, 6.07) is 5.85. The van der Waals surface area contributed by atoms with Crippen molar-refractivity contribution in [2.24, 2.45) is 0 Å². The Morgan fingerprint density at radius 1 is 1.22 bits per heavy atom. The van der Waals surface area contributed by atoms with Crippen molar-refractivity contribution in [2.45, 2.75) is 26.3 Å². The van der Waals surface area contributed by atoms with Crippen molar-refractivity contribution in [3.05, 3.63) is 28.8 Å². The molecular formula is C14H22ClNO2. The van der Waals surface area contributed by atoms with E-state index in [0.717, 1.165) is 43.9 Å². The molecule has 0 aliphatic carbocycles. The van der Waals surface area contributed by atoms with Gasteiger partial charge >= 0.3 is 0 Å². The fraction of sp³-hybridized carbons (Fsp3) is 0.571. The Kier molecular flexibility index (Phi) is 7.81. The van der Waals surface area contributed by atoms with Crippen LogP contribution in [0.15, 0.2) is 18.2 Å². The highest BCUT2D eigenvalue weighted by atomic mass is 35.5. The molecule has 102 valence electrons. The van der Waals surface area contributed by atoms with Gasteiger partial charge in [0.1, 0.15) is 5.75 Å². The topological polar surface area (TPSA) is 30.5 Å². The van der Waals surface area contributed by atoms with Gasteiger partial charge in [0.2, 0.25) is 0 Å². The lowest BCUT2D eigenvalue weighted by molar-refractivity contribution is 0.184. The molecule has 4 heteroatoms. The molecule has 0 unspecified atom stereocenters. The maximum absolute atomic E-state index is 6.17. The summed E-state index contributed by atoms with van der Waals surface area (Å²) in [5.41, 5.74) is 1.11. The Morgan fingerprint density at radius 3 is 2.72 bits per heavy atom. The van der Waals surface area contributed by atoms with E-state index in [4.69, 9.17) is 21.1 Å². The summed E-state index contributed by atoms with van der Waals surface area (Å²) in [7, 11) is 1.71. The van der Waals surface area contributed by atoms with E-state index in [1.807, 2.05) is 18.2 Å². The second-order valence-electron chi connectivity index (χ2n) is 4.06. The Hall–Kier alpha value is -0.770. The average molecular weight is 272 g/mol. The third kappa shape index (κ3) is 5.25. The van der Waals surface area contributed by atoms with Crippen molar-refractivity contribution in [1.82, 2.24) is 5.32 Å². The summed E-state index contributed by atoms with van der Waals surface area (Å²) in [5.74, 6) is 0.803. The molecule has 1 N–H and O–H groups in total. The Morgan fingerprint density at radius 2 is 2.00 bits per heavy atom. The first kappa shape index (κ1) is 15.3. The Bertz CT molecular complexity index is 345. The number of unbranched alkanes of at least 4 members (excludes halogenated alkanes) is 1. The van der Waals surface area contributed by atoms with E-state index < -0.39 is 0 Å². The molecular weight excluding hydrogens is 250 g/mol. The Balaban J connectivity index is 2.50. The molecule has 0 spiro atoms. The molecule has 0 saturated carbocycles. The number of hydrogen-bond donors (Lipinski definition) is 1. The van der Waals surface area contributed by atoms with Crippen molar-refractivity contribution in [3.63, 3.8) is 0 Å². The SMILES string of the molecule is CCNCc1cccc(Cl)c1OCCCCOC. The van der Waals surface area contributed by atoms with E-state index in [9.17, 15) is 0 Å². The van der Waals surface area contributed by atoms with Gasteiger partial charge in [0, 0.05) is 25.8 Å². The van der Waals surface area contributed by atoms with Gasteiger partial charge in [-0.2, -0.15) is 0 Å². The lowest BCUT2D eigenvalue weighted by atomic mass is 10.2. The molecule has 0 radical (unpaired) electrons. The molecule has 0 saturated heterocycles. The molecule has 0 aromatic heterocycles. The molecule has 0 atom stereocenters. The molecule has 1 aromatic carbocycles. The second kappa shape index (κ2) is 9.20. The molecule has 18 heavy (non-hydrogen) atoms. The minimum atomic E-state index is 0.673. The van der Waals surface area contributed by atoms with Crippen LogP contribution < -0.4 is 10.1 Å². The van der Waals surface area contributed by atoms with Crippen LogP contribution in [0.5, 0.6) is 5.75 Å². The van der Waals surface area contributed by atoms with Gasteiger partial charge in [-0.25, -0.2) is 0 Å². The highest BCUT2D eigenvalue weighted by molar-refractivity contribution is 6.32. The highest BCUT2D eigenvalue weighted by Gasteiger charge is 2.07. The first-order valence-corrected chi connectivity index (χ1v) is 6.77. The van der Waals surface area contributed by atoms with Gasteiger partial charge in [-0.15, -0.1) is 0 Å². The summed E-state index contributed by atoms with van der Waals surface area (Å²) in [5, 5.41) is 3.96. The molecule has 0 heterocycles. The van der Waals surface area contributed by atoms with E-state index in [2.05, 4.69) is 12.2 Å².